The first-order valence-electron chi connectivity index (χ1n) is 6.00. The standard InChI is InChI=1S/C13H17BrF2N2/c1-18-7-8(6-17)4-12(18)9-2-3-10(13(15)16)11(14)5-9/h2-3,5,8,12-13H,4,6-7,17H2,1H3. The normalized spacial score (nSPS) is 25.0. The molecule has 0 aromatic heterocycles. The van der Waals surface area contributed by atoms with E-state index in [4.69, 9.17) is 5.73 Å². The molecule has 1 aromatic carbocycles. The molecule has 2 atom stereocenters. The fourth-order valence-electron chi connectivity index (χ4n) is 2.59. The first-order valence-corrected chi connectivity index (χ1v) is 6.80. The van der Waals surface area contributed by atoms with E-state index in [1.165, 1.54) is 6.07 Å². The van der Waals surface area contributed by atoms with Crippen LogP contribution in [0.2, 0.25) is 0 Å². The van der Waals surface area contributed by atoms with Crippen molar-refractivity contribution in [3.8, 4) is 0 Å². The van der Waals surface area contributed by atoms with Crippen molar-refractivity contribution in [1.29, 1.82) is 0 Å². The van der Waals surface area contributed by atoms with Crippen LogP contribution in [0.3, 0.4) is 0 Å². The number of nitrogens with zero attached hydrogens (tertiary/aromatic N) is 1. The van der Waals surface area contributed by atoms with Crippen molar-refractivity contribution in [1.82, 2.24) is 4.90 Å². The molecule has 0 spiro atoms. The van der Waals surface area contributed by atoms with Crippen molar-refractivity contribution in [2.75, 3.05) is 20.1 Å². The molecule has 5 heteroatoms. The summed E-state index contributed by atoms with van der Waals surface area (Å²) in [6.07, 6.45) is -1.44. The number of halogens is 3. The quantitative estimate of drug-likeness (QED) is 0.926. The lowest BCUT2D eigenvalue weighted by molar-refractivity contribution is 0.150. The van der Waals surface area contributed by atoms with E-state index in [0.717, 1.165) is 18.5 Å². The van der Waals surface area contributed by atoms with Gasteiger partial charge >= 0.3 is 0 Å². The Balaban J connectivity index is 2.22. The van der Waals surface area contributed by atoms with E-state index < -0.39 is 6.43 Å². The Hall–Kier alpha value is -0.520. The molecule has 100 valence electrons. The summed E-state index contributed by atoms with van der Waals surface area (Å²) >= 11 is 3.22. The lowest BCUT2D eigenvalue weighted by Crippen LogP contribution is -2.20. The molecule has 0 bridgehead atoms. The summed E-state index contributed by atoms with van der Waals surface area (Å²) in [5.41, 5.74) is 6.82. The number of nitrogens with two attached hydrogens (primary N) is 1. The Morgan fingerprint density at radius 1 is 1.50 bits per heavy atom. The molecule has 1 aromatic rings. The van der Waals surface area contributed by atoms with Gasteiger partial charge in [0.15, 0.2) is 0 Å². The summed E-state index contributed by atoms with van der Waals surface area (Å²) in [6, 6.07) is 5.39. The van der Waals surface area contributed by atoms with Gasteiger partial charge in [0, 0.05) is 22.6 Å². The van der Waals surface area contributed by atoms with Crippen LogP contribution in [-0.4, -0.2) is 25.0 Å². The largest absolute Gasteiger partial charge is 0.330 e. The Morgan fingerprint density at radius 2 is 2.22 bits per heavy atom. The molecule has 2 rings (SSSR count). The topological polar surface area (TPSA) is 29.3 Å². The Bertz CT molecular complexity index is 425. The molecule has 1 saturated heterocycles. The van der Waals surface area contributed by atoms with Crippen LogP contribution in [0.25, 0.3) is 0 Å². The van der Waals surface area contributed by atoms with Crippen molar-refractivity contribution in [2.24, 2.45) is 11.7 Å². The van der Waals surface area contributed by atoms with Crippen LogP contribution < -0.4 is 5.73 Å². The van der Waals surface area contributed by atoms with Crippen LogP contribution in [0.5, 0.6) is 0 Å². The average molecular weight is 319 g/mol. The second-order valence-electron chi connectivity index (χ2n) is 4.87. The van der Waals surface area contributed by atoms with Crippen LogP contribution >= 0.6 is 15.9 Å². The van der Waals surface area contributed by atoms with E-state index in [1.54, 1.807) is 6.07 Å². The number of benzene rings is 1. The van der Waals surface area contributed by atoms with Gasteiger partial charge in [-0.1, -0.05) is 28.1 Å². The van der Waals surface area contributed by atoms with E-state index in [2.05, 4.69) is 27.9 Å². The van der Waals surface area contributed by atoms with E-state index in [9.17, 15) is 8.78 Å². The van der Waals surface area contributed by atoms with E-state index in [1.807, 2.05) is 6.07 Å². The molecular formula is C13H17BrF2N2. The monoisotopic (exact) mass is 318 g/mol. The molecule has 2 N–H and O–H groups in total. The summed E-state index contributed by atoms with van der Waals surface area (Å²) in [4.78, 5) is 2.24. The SMILES string of the molecule is CN1CC(CN)CC1c1ccc(C(F)F)c(Br)c1. The average Bonchev–Trinajstić information content (AvgIpc) is 2.70. The van der Waals surface area contributed by atoms with Gasteiger partial charge in [0.05, 0.1) is 0 Å². The van der Waals surface area contributed by atoms with Gasteiger partial charge in [-0.2, -0.15) is 0 Å². The molecule has 0 radical (unpaired) electrons. The highest BCUT2D eigenvalue weighted by molar-refractivity contribution is 9.10. The molecule has 1 aliphatic heterocycles. The second kappa shape index (κ2) is 5.63. The summed E-state index contributed by atoms with van der Waals surface area (Å²) in [7, 11) is 2.05. The number of rotatable bonds is 3. The molecule has 0 aliphatic carbocycles. The molecule has 2 unspecified atom stereocenters. The van der Waals surface area contributed by atoms with Gasteiger partial charge in [-0.3, -0.25) is 4.90 Å². The predicted octanol–water partition coefficient (Wildman–Crippen LogP) is 3.34. The maximum absolute atomic E-state index is 12.7. The molecule has 0 amide bonds. The first kappa shape index (κ1) is 13.9. The lowest BCUT2D eigenvalue weighted by Gasteiger charge is -2.20. The van der Waals surface area contributed by atoms with Gasteiger partial charge in [0.25, 0.3) is 6.43 Å². The fourth-order valence-corrected chi connectivity index (χ4v) is 3.16. The van der Waals surface area contributed by atoms with Crippen LogP contribution in [-0.2, 0) is 0 Å². The number of alkyl halides is 2. The minimum atomic E-state index is -2.44. The molecule has 1 aliphatic rings. The zero-order valence-corrected chi connectivity index (χ0v) is 11.8. The number of hydrogen-bond donors (Lipinski definition) is 1. The van der Waals surface area contributed by atoms with E-state index in [-0.39, 0.29) is 11.6 Å². The van der Waals surface area contributed by atoms with E-state index in [0.29, 0.717) is 16.9 Å². The second-order valence-corrected chi connectivity index (χ2v) is 5.73. The zero-order valence-electron chi connectivity index (χ0n) is 10.2. The van der Waals surface area contributed by atoms with Gasteiger partial charge < -0.3 is 5.73 Å². The Labute approximate surface area is 114 Å². The lowest BCUT2D eigenvalue weighted by atomic mass is 9.99. The molecule has 1 fully saturated rings. The van der Waals surface area contributed by atoms with Gasteiger partial charge in [-0.05, 0) is 37.6 Å². The number of hydrogen-bond acceptors (Lipinski definition) is 2. The maximum atomic E-state index is 12.7. The van der Waals surface area contributed by atoms with Crippen molar-refractivity contribution in [3.63, 3.8) is 0 Å². The van der Waals surface area contributed by atoms with Crippen molar-refractivity contribution in [2.45, 2.75) is 18.9 Å². The van der Waals surface area contributed by atoms with Crippen LogP contribution in [0, 0.1) is 5.92 Å². The highest BCUT2D eigenvalue weighted by atomic mass is 79.9. The van der Waals surface area contributed by atoms with Crippen LogP contribution in [0.1, 0.15) is 30.0 Å². The fraction of sp³-hybridized carbons (Fsp3) is 0.538. The predicted molar refractivity (Wildman–Crippen MR) is 71.6 cm³/mol. The smallest absolute Gasteiger partial charge is 0.264 e. The highest BCUT2D eigenvalue weighted by Crippen LogP contribution is 2.36. The first-order chi connectivity index (χ1) is 8.52. The summed E-state index contributed by atoms with van der Waals surface area (Å²) in [5.74, 6) is 0.494. The van der Waals surface area contributed by atoms with Gasteiger partial charge in [-0.25, -0.2) is 8.78 Å². The van der Waals surface area contributed by atoms with Crippen LogP contribution in [0.15, 0.2) is 22.7 Å². The Morgan fingerprint density at radius 3 is 2.72 bits per heavy atom. The third kappa shape index (κ3) is 2.73. The van der Waals surface area contributed by atoms with Crippen molar-refractivity contribution >= 4 is 15.9 Å². The maximum Gasteiger partial charge on any atom is 0.264 e. The van der Waals surface area contributed by atoms with Crippen molar-refractivity contribution in [3.05, 3.63) is 33.8 Å². The minimum absolute atomic E-state index is 0.0507. The summed E-state index contributed by atoms with van der Waals surface area (Å²) < 4.78 is 25.8. The third-order valence-corrected chi connectivity index (χ3v) is 4.30. The molecular weight excluding hydrogens is 302 g/mol. The van der Waals surface area contributed by atoms with Crippen LogP contribution in [0.4, 0.5) is 8.78 Å². The third-order valence-electron chi connectivity index (χ3n) is 3.61. The van der Waals surface area contributed by atoms with Gasteiger partial charge in [0.1, 0.15) is 0 Å². The molecule has 0 saturated carbocycles. The van der Waals surface area contributed by atoms with Gasteiger partial charge in [-0.15, -0.1) is 0 Å². The Kier molecular flexibility index (Phi) is 4.35. The highest BCUT2D eigenvalue weighted by Gasteiger charge is 2.30. The van der Waals surface area contributed by atoms with Gasteiger partial charge in [0.2, 0.25) is 0 Å². The molecule has 1 heterocycles. The van der Waals surface area contributed by atoms with E-state index >= 15 is 0 Å². The summed E-state index contributed by atoms with van der Waals surface area (Å²) in [6.45, 7) is 1.65. The summed E-state index contributed by atoms with van der Waals surface area (Å²) in [5, 5.41) is 0. The van der Waals surface area contributed by atoms with Crippen molar-refractivity contribution < 1.29 is 8.78 Å². The zero-order chi connectivity index (χ0) is 13.3. The number of likely N-dealkylation sites (tertiary alicyclic amines) is 1. The molecule has 2 nitrogen and oxygen atoms in total. The minimum Gasteiger partial charge on any atom is -0.330 e. The molecule has 18 heavy (non-hydrogen) atoms.